The van der Waals surface area contributed by atoms with Crippen LogP contribution in [0.15, 0.2) is 0 Å². The van der Waals surface area contributed by atoms with Crippen LogP contribution in [0.1, 0.15) is 20.3 Å². The Labute approximate surface area is 89.7 Å². The van der Waals surface area contributed by atoms with Gasteiger partial charge in [-0.25, -0.2) is 0 Å². The Hall–Kier alpha value is -0.0800. The molecule has 0 aliphatic heterocycles. The van der Waals surface area contributed by atoms with Crippen LogP contribution >= 0.6 is 0 Å². The van der Waals surface area contributed by atoms with E-state index in [1.807, 2.05) is 0 Å². The topological polar surface area (TPSA) is 40.5 Å². The molecule has 6 saturated carbocycles. The summed E-state index contributed by atoms with van der Waals surface area (Å²) in [5, 5.41) is 21.4. The number of hydrogen-bond donors (Lipinski definition) is 2. The Balaban J connectivity index is 1.85. The molecule has 6 bridgehead atoms. The van der Waals surface area contributed by atoms with Gasteiger partial charge in [-0.05, 0) is 67.6 Å². The lowest BCUT2D eigenvalue weighted by Gasteiger charge is -2.32. The molecule has 82 valence electrons. The molecule has 10 atom stereocenters. The highest BCUT2D eigenvalue weighted by Crippen LogP contribution is 2.87. The standard InChI is InChI=1S/C13H18O2/c1-12(14)8-4-3-5-6(8)11-10(12)7(4)9(5)13(11,2)15/h4-11,14-15H,3H2,1-2H3/t4?,5?,6?,7?,8?,9?,10?,11?,12-,13-/m1/s1. The van der Waals surface area contributed by atoms with Gasteiger partial charge >= 0.3 is 0 Å². The smallest absolute Gasteiger partial charge is 0.0688 e. The minimum Gasteiger partial charge on any atom is -0.390 e. The van der Waals surface area contributed by atoms with Gasteiger partial charge in [-0.15, -0.1) is 0 Å². The highest BCUT2D eigenvalue weighted by Gasteiger charge is 2.88. The summed E-state index contributed by atoms with van der Waals surface area (Å²) >= 11 is 0. The van der Waals surface area contributed by atoms with Crippen molar-refractivity contribution in [1.82, 2.24) is 0 Å². The van der Waals surface area contributed by atoms with Gasteiger partial charge in [0.25, 0.3) is 0 Å². The molecule has 6 aliphatic rings. The van der Waals surface area contributed by atoms with Crippen LogP contribution in [0.3, 0.4) is 0 Å². The molecule has 2 nitrogen and oxygen atoms in total. The minimum atomic E-state index is -0.450. The van der Waals surface area contributed by atoms with Gasteiger partial charge in [0.1, 0.15) is 0 Å². The highest BCUT2D eigenvalue weighted by atomic mass is 16.3. The number of rotatable bonds is 0. The summed E-state index contributed by atoms with van der Waals surface area (Å²) in [6.45, 7) is 4.10. The normalized spacial score (nSPS) is 85.6. The Morgan fingerprint density at radius 2 is 1.20 bits per heavy atom. The molecule has 8 unspecified atom stereocenters. The van der Waals surface area contributed by atoms with Gasteiger partial charge in [0.05, 0.1) is 11.2 Å². The third-order valence-corrected chi connectivity index (χ3v) is 7.20. The first-order valence-electron chi connectivity index (χ1n) is 6.42. The fourth-order valence-corrected chi connectivity index (χ4v) is 7.56. The van der Waals surface area contributed by atoms with E-state index < -0.39 is 11.2 Å². The SMILES string of the molecule is C[C@@]1(O)C2C3CC4C2C2C1C3C4[C@@]2(C)O. The molecule has 0 spiro atoms. The van der Waals surface area contributed by atoms with Crippen molar-refractivity contribution in [2.75, 3.05) is 0 Å². The van der Waals surface area contributed by atoms with Crippen molar-refractivity contribution in [2.45, 2.75) is 31.5 Å². The molecule has 0 aromatic heterocycles. The predicted molar refractivity (Wildman–Crippen MR) is 53.8 cm³/mol. The summed E-state index contributed by atoms with van der Waals surface area (Å²) in [7, 11) is 0. The average Bonchev–Trinajstić information content (AvgIpc) is 2.79. The average molecular weight is 206 g/mol. The van der Waals surface area contributed by atoms with Gasteiger partial charge in [-0.2, -0.15) is 0 Å². The van der Waals surface area contributed by atoms with Crippen molar-refractivity contribution >= 4 is 0 Å². The van der Waals surface area contributed by atoms with Gasteiger partial charge < -0.3 is 10.2 Å². The lowest BCUT2D eigenvalue weighted by molar-refractivity contribution is -0.0214. The molecule has 15 heavy (non-hydrogen) atoms. The van der Waals surface area contributed by atoms with E-state index in [2.05, 4.69) is 13.8 Å². The fraction of sp³-hybridized carbons (Fsp3) is 1.00. The molecule has 0 aromatic rings. The van der Waals surface area contributed by atoms with Crippen LogP contribution in [0.5, 0.6) is 0 Å². The molecule has 0 heterocycles. The number of aliphatic hydroxyl groups is 2. The van der Waals surface area contributed by atoms with Gasteiger partial charge in [0.2, 0.25) is 0 Å². The third-order valence-electron chi connectivity index (χ3n) is 7.20. The summed E-state index contributed by atoms with van der Waals surface area (Å²) in [5.74, 6) is 4.78. The van der Waals surface area contributed by atoms with Crippen LogP contribution in [0.2, 0.25) is 0 Å². The summed E-state index contributed by atoms with van der Waals surface area (Å²) < 4.78 is 0. The van der Waals surface area contributed by atoms with Crippen molar-refractivity contribution in [2.24, 2.45) is 47.3 Å². The first-order chi connectivity index (χ1) is 6.97. The first kappa shape index (κ1) is 8.08. The van der Waals surface area contributed by atoms with Gasteiger partial charge in [-0.1, -0.05) is 0 Å². The van der Waals surface area contributed by atoms with Crippen molar-refractivity contribution < 1.29 is 10.2 Å². The molecular weight excluding hydrogens is 188 g/mol. The third kappa shape index (κ3) is 0.484. The van der Waals surface area contributed by atoms with Crippen LogP contribution in [0, 0.1) is 47.3 Å². The summed E-state index contributed by atoms with van der Waals surface area (Å²) in [4.78, 5) is 0. The number of hydrogen-bond acceptors (Lipinski definition) is 2. The Bertz CT molecular complexity index is 350. The van der Waals surface area contributed by atoms with E-state index in [4.69, 9.17) is 0 Å². The Kier molecular flexibility index (Phi) is 0.918. The lowest BCUT2D eigenvalue weighted by atomic mass is 9.71. The van der Waals surface area contributed by atoms with Crippen LogP contribution < -0.4 is 0 Å². The van der Waals surface area contributed by atoms with Crippen molar-refractivity contribution in [3.8, 4) is 0 Å². The molecule has 0 amide bonds. The monoisotopic (exact) mass is 206 g/mol. The second-order valence-electron chi connectivity index (χ2n) is 7.27. The van der Waals surface area contributed by atoms with E-state index in [0.29, 0.717) is 35.5 Å². The van der Waals surface area contributed by atoms with E-state index in [-0.39, 0.29) is 0 Å². The zero-order valence-electron chi connectivity index (χ0n) is 9.22. The Morgan fingerprint density at radius 1 is 0.800 bits per heavy atom. The molecule has 2 heteroatoms. The molecule has 0 aromatic carbocycles. The fourth-order valence-electron chi connectivity index (χ4n) is 7.56. The zero-order valence-corrected chi connectivity index (χ0v) is 9.22. The van der Waals surface area contributed by atoms with E-state index >= 15 is 0 Å². The molecule has 6 aliphatic carbocycles. The van der Waals surface area contributed by atoms with Crippen molar-refractivity contribution in [3.05, 3.63) is 0 Å². The summed E-state index contributed by atoms with van der Waals surface area (Å²) in [6, 6.07) is 0. The van der Waals surface area contributed by atoms with Crippen LogP contribution in [0.4, 0.5) is 0 Å². The van der Waals surface area contributed by atoms with Gasteiger partial charge in [-0.3, -0.25) is 0 Å². The Morgan fingerprint density at radius 3 is 1.60 bits per heavy atom. The van der Waals surface area contributed by atoms with Crippen LogP contribution in [0.25, 0.3) is 0 Å². The second kappa shape index (κ2) is 1.70. The summed E-state index contributed by atoms with van der Waals surface area (Å²) in [6.07, 6.45) is 1.31. The van der Waals surface area contributed by atoms with Crippen molar-refractivity contribution in [3.63, 3.8) is 0 Å². The first-order valence-corrected chi connectivity index (χ1v) is 6.42. The zero-order chi connectivity index (χ0) is 10.3. The van der Waals surface area contributed by atoms with Gasteiger partial charge in [0.15, 0.2) is 0 Å². The molecule has 0 radical (unpaired) electrons. The maximum atomic E-state index is 10.7. The van der Waals surface area contributed by atoms with Crippen LogP contribution in [-0.4, -0.2) is 21.4 Å². The molecule has 2 N–H and O–H groups in total. The van der Waals surface area contributed by atoms with Crippen LogP contribution in [-0.2, 0) is 0 Å². The highest BCUT2D eigenvalue weighted by molar-refractivity contribution is 5.36. The quantitative estimate of drug-likeness (QED) is 0.617. The molecular formula is C13H18O2. The van der Waals surface area contributed by atoms with Crippen molar-refractivity contribution in [1.29, 1.82) is 0 Å². The largest absolute Gasteiger partial charge is 0.390 e. The minimum absolute atomic E-state index is 0.427. The van der Waals surface area contributed by atoms with Gasteiger partial charge in [0, 0.05) is 0 Å². The lowest BCUT2D eigenvalue weighted by Crippen LogP contribution is -2.35. The summed E-state index contributed by atoms with van der Waals surface area (Å²) in [5.41, 5.74) is -0.899. The van der Waals surface area contributed by atoms with E-state index in [1.54, 1.807) is 0 Å². The molecule has 6 fully saturated rings. The predicted octanol–water partition coefficient (Wildman–Crippen LogP) is 0.876. The molecule has 0 saturated heterocycles. The second-order valence-corrected chi connectivity index (χ2v) is 7.27. The molecule has 6 rings (SSSR count). The van der Waals surface area contributed by atoms with E-state index in [1.165, 1.54) is 6.42 Å². The van der Waals surface area contributed by atoms with E-state index in [9.17, 15) is 10.2 Å². The maximum absolute atomic E-state index is 10.7. The maximum Gasteiger partial charge on any atom is 0.0688 e. The van der Waals surface area contributed by atoms with E-state index in [0.717, 1.165) is 11.8 Å².